The van der Waals surface area contributed by atoms with E-state index in [9.17, 15) is 0 Å². The summed E-state index contributed by atoms with van der Waals surface area (Å²) in [6.45, 7) is 5.64. The van der Waals surface area contributed by atoms with Gasteiger partial charge in [0.1, 0.15) is 0 Å². The van der Waals surface area contributed by atoms with Gasteiger partial charge in [0, 0.05) is 32.0 Å². The van der Waals surface area contributed by atoms with Crippen LogP contribution in [0.3, 0.4) is 0 Å². The molecule has 0 amide bonds. The van der Waals surface area contributed by atoms with Crippen LogP contribution in [-0.4, -0.2) is 56.2 Å². The maximum absolute atomic E-state index is 5.77. The largest absolute Gasteiger partial charge is 0.379 e. The van der Waals surface area contributed by atoms with Gasteiger partial charge in [-0.15, -0.1) is 0 Å². The first kappa shape index (κ1) is 9.83. The Labute approximate surface area is 95.8 Å². The lowest BCUT2D eigenvalue weighted by atomic mass is 10.1. The number of hydrogen-bond acceptors (Lipinski definition) is 4. The minimum absolute atomic E-state index is 0.169. The van der Waals surface area contributed by atoms with Crippen LogP contribution in [0.2, 0.25) is 0 Å². The summed E-state index contributed by atoms with van der Waals surface area (Å²) in [5, 5.41) is 0. The van der Waals surface area contributed by atoms with Gasteiger partial charge in [-0.2, -0.15) is 0 Å². The van der Waals surface area contributed by atoms with Crippen molar-refractivity contribution < 1.29 is 14.2 Å². The topological polar surface area (TPSA) is 30.9 Å². The predicted octanol–water partition coefficient (Wildman–Crippen LogP) is 0.470. The molecule has 2 saturated heterocycles. The number of nitrogens with zero attached hydrogens (tertiary/aromatic N) is 1. The SMILES string of the molecule is C1CN(C2[C@H]3CC4(C[C@@H]23)OCCO4)CCO1. The molecule has 4 nitrogen and oxygen atoms in total. The van der Waals surface area contributed by atoms with Crippen LogP contribution in [0.5, 0.6) is 0 Å². The highest BCUT2D eigenvalue weighted by molar-refractivity contribution is 5.13. The Morgan fingerprint density at radius 1 is 0.875 bits per heavy atom. The van der Waals surface area contributed by atoms with E-state index in [1.807, 2.05) is 0 Å². The fraction of sp³-hybridized carbons (Fsp3) is 1.00. The van der Waals surface area contributed by atoms with Gasteiger partial charge in [0.2, 0.25) is 0 Å². The summed E-state index contributed by atoms with van der Waals surface area (Å²) in [4.78, 5) is 2.61. The zero-order valence-corrected chi connectivity index (χ0v) is 9.56. The van der Waals surface area contributed by atoms with Crippen LogP contribution >= 0.6 is 0 Å². The first-order valence-electron chi connectivity index (χ1n) is 6.48. The fourth-order valence-corrected chi connectivity index (χ4v) is 3.92. The van der Waals surface area contributed by atoms with E-state index in [-0.39, 0.29) is 5.79 Å². The van der Waals surface area contributed by atoms with E-state index in [0.717, 1.165) is 70.2 Å². The monoisotopic (exact) mass is 225 g/mol. The van der Waals surface area contributed by atoms with Gasteiger partial charge in [-0.1, -0.05) is 0 Å². The summed E-state index contributed by atoms with van der Waals surface area (Å²) < 4.78 is 16.9. The minimum atomic E-state index is -0.169. The second-order valence-electron chi connectivity index (χ2n) is 5.48. The van der Waals surface area contributed by atoms with Gasteiger partial charge in [-0.05, 0) is 11.8 Å². The van der Waals surface area contributed by atoms with Crippen LogP contribution in [0.4, 0.5) is 0 Å². The van der Waals surface area contributed by atoms with Crippen LogP contribution < -0.4 is 0 Å². The molecule has 2 aliphatic carbocycles. The van der Waals surface area contributed by atoms with Crippen LogP contribution in [0.25, 0.3) is 0 Å². The highest BCUT2D eigenvalue weighted by Crippen LogP contribution is 2.60. The zero-order valence-electron chi connectivity index (χ0n) is 9.56. The van der Waals surface area contributed by atoms with Crippen molar-refractivity contribution in [3.63, 3.8) is 0 Å². The summed E-state index contributed by atoms with van der Waals surface area (Å²) in [6.07, 6.45) is 2.25. The first-order valence-corrected chi connectivity index (χ1v) is 6.48. The van der Waals surface area contributed by atoms with Gasteiger partial charge in [-0.3, -0.25) is 4.90 Å². The van der Waals surface area contributed by atoms with E-state index < -0.39 is 0 Å². The Morgan fingerprint density at radius 3 is 2.12 bits per heavy atom. The third-order valence-electron chi connectivity index (χ3n) is 4.66. The lowest BCUT2D eigenvalue weighted by Crippen LogP contribution is -2.41. The molecule has 3 atom stereocenters. The number of morpholine rings is 1. The summed E-state index contributed by atoms with van der Waals surface area (Å²) >= 11 is 0. The Morgan fingerprint density at radius 2 is 1.50 bits per heavy atom. The lowest BCUT2D eigenvalue weighted by molar-refractivity contribution is -0.161. The smallest absolute Gasteiger partial charge is 0.169 e. The van der Waals surface area contributed by atoms with Crippen molar-refractivity contribution in [3.8, 4) is 0 Å². The molecule has 2 aliphatic heterocycles. The number of hydrogen-bond donors (Lipinski definition) is 0. The summed E-state index contributed by atoms with van der Waals surface area (Å²) in [5.74, 6) is 1.49. The van der Waals surface area contributed by atoms with Crippen molar-refractivity contribution in [2.75, 3.05) is 39.5 Å². The fourth-order valence-electron chi connectivity index (χ4n) is 3.92. The van der Waals surface area contributed by atoms with E-state index in [1.165, 1.54) is 0 Å². The van der Waals surface area contributed by atoms with Crippen LogP contribution in [0.1, 0.15) is 12.8 Å². The van der Waals surface area contributed by atoms with Gasteiger partial charge < -0.3 is 14.2 Å². The van der Waals surface area contributed by atoms with E-state index >= 15 is 0 Å². The standard InChI is InChI=1S/C12H19NO3/c1-3-14-4-2-13(1)11-9-7-12(8-10(9)11)15-5-6-16-12/h9-11H,1-8H2/t9-,10+,11?. The molecule has 0 aromatic heterocycles. The van der Waals surface area contributed by atoms with Crippen LogP contribution in [-0.2, 0) is 14.2 Å². The number of rotatable bonds is 1. The van der Waals surface area contributed by atoms with E-state index in [1.54, 1.807) is 0 Å². The number of ether oxygens (including phenoxy) is 3. The van der Waals surface area contributed by atoms with Crippen LogP contribution in [0, 0.1) is 11.8 Å². The van der Waals surface area contributed by atoms with Gasteiger partial charge in [0.25, 0.3) is 0 Å². The average molecular weight is 225 g/mol. The molecule has 0 bridgehead atoms. The summed E-state index contributed by atoms with van der Waals surface area (Å²) in [6, 6.07) is 0.808. The molecule has 1 unspecified atom stereocenters. The Balaban J connectivity index is 1.39. The second kappa shape index (κ2) is 3.42. The Kier molecular flexibility index (Phi) is 2.10. The molecule has 1 spiro atoms. The molecule has 2 heterocycles. The molecule has 0 aromatic carbocycles. The molecule has 0 N–H and O–H groups in total. The highest BCUT2D eigenvalue weighted by atomic mass is 16.7. The van der Waals surface area contributed by atoms with Crippen molar-refractivity contribution in [2.24, 2.45) is 11.8 Å². The van der Waals surface area contributed by atoms with Gasteiger partial charge in [-0.25, -0.2) is 0 Å². The molecule has 4 heteroatoms. The number of fused-ring (bicyclic) bond motifs is 1. The average Bonchev–Trinajstić information content (AvgIpc) is 2.69. The van der Waals surface area contributed by atoms with Gasteiger partial charge in [0.15, 0.2) is 5.79 Å². The van der Waals surface area contributed by atoms with Gasteiger partial charge >= 0.3 is 0 Å². The molecule has 0 radical (unpaired) electrons. The maximum atomic E-state index is 5.77. The van der Waals surface area contributed by atoms with E-state index in [2.05, 4.69) is 4.90 Å². The third-order valence-corrected chi connectivity index (χ3v) is 4.66. The third kappa shape index (κ3) is 1.37. The predicted molar refractivity (Wildman–Crippen MR) is 57.0 cm³/mol. The molecule has 16 heavy (non-hydrogen) atoms. The molecule has 4 fully saturated rings. The quantitative estimate of drug-likeness (QED) is 0.649. The van der Waals surface area contributed by atoms with Crippen LogP contribution in [0.15, 0.2) is 0 Å². The highest BCUT2D eigenvalue weighted by Gasteiger charge is 2.65. The molecule has 2 saturated carbocycles. The summed E-state index contributed by atoms with van der Waals surface area (Å²) in [5.41, 5.74) is 0. The van der Waals surface area contributed by atoms with E-state index in [0.29, 0.717) is 0 Å². The Hall–Kier alpha value is -0.160. The molecule has 0 aromatic rings. The van der Waals surface area contributed by atoms with Gasteiger partial charge in [0.05, 0.1) is 26.4 Å². The zero-order chi connectivity index (χ0) is 10.6. The van der Waals surface area contributed by atoms with Crippen molar-refractivity contribution in [3.05, 3.63) is 0 Å². The molecular weight excluding hydrogens is 206 g/mol. The second-order valence-corrected chi connectivity index (χ2v) is 5.48. The maximum Gasteiger partial charge on any atom is 0.169 e. The lowest BCUT2D eigenvalue weighted by Gasteiger charge is -2.31. The Bertz CT molecular complexity index is 270. The molecule has 4 aliphatic rings. The summed E-state index contributed by atoms with van der Waals surface area (Å²) in [7, 11) is 0. The normalized spacial score (nSPS) is 46.1. The van der Waals surface area contributed by atoms with Crippen molar-refractivity contribution >= 4 is 0 Å². The van der Waals surface area contributed by atoms with Crippen molar-refractivity contribution in [1.82, 2.24) is 4.90 Å². The van der Waals surface area contributed by atoms with Crippen molar-refractivity contribution in [1.29, 1.82) is 0 Å². The van der Waals surface area contributed by atoms with Crippen molar-refractivity contribution in [2.45, 2.75) is 24.7 Å². The molecule has 90 valence electrons. The first-order chi connectivity index (χ1) is 7.88. The molecule has 4 rings (SSSR count). The molecular formula is C12H19NO3. The minimum Gasteiger partial charge on any atom is -0.379 e. The van der Waals surface area contributed by atoms with E-state index in [4.69, 9.17) is 14.2 Å².